The Hall–Kier alpha value is -1.20. The van der Waals surface area contributed by atoms with Crippen LogP contribution in [-0.2, 0) is 6.42 Å². The SMILES string of the molecule is CCCc1nc(-c2cccs2)sc1C(=O)O. The summed E-state index contributed by atoms with van der Waals surface area (Å²) in [6.07, 6.45) is 1.64. The first-order valence-electron chi connectivity index (χ1n) is 4.99. The molecular weight excluding hydrogens is 242 g/mol. The zero-order valence-electron chi connectivity index (χ0n) is 8.77. The molecule has 0 spiro atoms. The number of rotatable bonds is 4. The van der Waals surface area contributed by atoms with Gasteiger partial charge in [0.15, 0.2) is 0 Å². The van der Waals surface area contributed by atoms with Gasteiger partial charge < -0.3 is 5.11 Å². The third-order valence-corrected chi connectivity index (χ3v) is 4.24. The number of hydrogen-bond acceptors (Lipinski definition) is 4. The first kappa shape index (κ1) is 11.3. The van der Waals surface area contributed by atoms with Gasteiger partial charge in [0.2, 0.25) is 0 Å². The highest BCUT2D eigenvalue weighted by Crippen LogP contribution is 2.31. The molecule has 3 nitrogen and oxygen atoms in total. The van der Waals surface area contributed by atoms with Gasteiger partial charge in [0.1, 0.15) is 9.88 Å². The standard InChI is InChI=1S/C11H11NO2S2/c1-2-4-7-9(11(13)14)16-10(12-7)8-5-3-6-15-8/h3,5-6H,2,4H2,1H3,(H,13,14). The zero-order valence-corrected chi connectivity index (χ0v) is 10.4. The molecule has 0 radical (unpaired) electrons. The minimum atomic E-state index is -0.872. The van der Waals surface area contributed by atoms with Crippen molar-refractivity contribution in [2.24, 2.45) is 0 Å². The first-order valence-corrected chi connectivity index (χ1v) is 6.69. The van der Waals surface area contributed by atoms with Gasteiger partial charge in [-0.2, -0.15) is 0 Å². The zero-order chi connectivity index (χ0) is 11.5. The molecule has 0 bridgehead atoms. The van der Waals surface area contributed by atoms with E-state index < -0.39 is 5.97 Å². The van der Waals surface area contributed by atoms with Crippen LogP contribution in [0.2, 0.25) is 0 Å². The normalized spacial score (nSPS) is 10.6. The van der Waals surface area contributed by atoms with E-state index in [1.54, 1.807) is 11.3 Å². The minimum Gasteiger partial charge on any atom is -0.477 e. The molecule has 0 aliphatic carbocycles. The van der Waals surface area contributed by atoms with Crippen LogP contribution in [0.4, 0.5) is 0 Å². The van der Waals surface area contributed by atoms with E-state index in [0.717, 1.165) is 22.7 Å². The summed E-state index contributed by atoms with van der Waals surface area (Å²) in [4.78, 5) is 16.9. The number of carboxylic acid groups (broad SMARTS) is 1. The summed E-state index contributed by atoms with van der Waals surface area (Å²) in [6.45, 7) is 2.02. The Morgan fingerprint density at radius 2 is 2.38 bits per heavy atom. The Morgan fingerprint density at radius 3 is 2.94 bits per heavy atom. The fraction of sp³-hybridized carbons (Fsp3) is 0.273. The Kier molecular flexibility index (Phi) is 3.36. The van der Waals surface area contributed by atoms with E-state index in [1.165, 1.54) is 11.3 Å². The van der Waals surface area contributed by atoms with Crippen molar-refractivity contribution in [3.8, 4) is 9.88 Å². The molecule has 2 aromatic rings. The largest absolute Gasteiger partial charge is 0.477 e. The number of nitrogens with zero attached hydrogens (tertiary/aromatic N) is 1. The Labute approximate surface area is 101 Å². The molecule has 16 heavy (non-hydrogen) atoms. The quantitative estimate of drug-likeness (QED) is 0.907. The molecule has 84 valence electrons. The Morgan fingerprint density at radius 1 is 1.56 bits per heavy atom. The topological polar surface area (TPSA) is 50.2 Å². The second-order valence-electron chi connectivity index (χ2n) is 3.33. The molecule has 0 saturated heterocycles. The highest BCUT2D eigenvalue weighted by molar-refractivity contribution is 7.22. The van der Waals surface area contributed by atoms with Crippen molar-refractivity contribution < 1.29 is 9.90 Å². The molecule has 0 saturated carbocycles. The van der Waals surface area contributed by atoms with Crippen molar-refractivity contribution in [2.45, 2.75) is 19.8 Å². The maximum atomic E-state index is 11.1. The molecule has 0 aliphatic heterocycles. The molecule has 0 amide bonds. The predicted octanol–water partition coefficient (Wildman–Crippen LogP) is 3.52. The lowest BCUT2D eigenvalue weighted by Gasteiger charge is -1.93. The summed E-state index contributed by atoms with van der Waals surface area (Å²) >= 11 is 2.85. The summed E-state index contributed by atoms with van der Waals surface area (Å²) in [5.74, 6) is -0.872. The van der Waals surface area contributed by atoms with Crippen LogP contribution < -0.4 is 0 Å². The molecule has 2 aromatic heterocycles. The number of thiazole rings is 1. The predicted molar refractivity (Wildman–Crippen MR) is 66.4 cm³/mol. The van der Waals surface area contributed by atoms with Crippen LogP contribution in [-0.4, -0.2) is 16.1 Å². The van der Waals surface area contributed by atoms with Gasteiger partial charge in [-0.3, -0.25) is 0 Å². The fourth-order valence-corrected chi connectivity index (χ4v) is 3.18. The molecule has 1 N–H and O–H groups in total. The van der Waals surface area contributed by atoms with Gasteiger partial charge in [-0.15, -0.1) is 22.7 Å². The van der Waals surface area contributed by atoms with Crippen molar-refractivity contribution >= 4 is 28.6 Å². The lowest BCUT2D eigenvalue weighted by Crippen LogP contribution is -1.98. The smallest absolute Gasteiger partial charge is 0.347 e. The maximum Gasteiger partial charge on any atom is 0.347 e. The van der Waals surface area contributed by atoms with Crippen LogP contribution >= 0.6 is 22.7 Å². The lowest BCUT2D eigenvalue weighted by molar-refractivity contribution is 0.0700. The molecule has 2 heterocycles. The third kappa shape index (κ3) is 2.15. The van der Waals surface area contributed by atoms with Crippen LogP contribution in [0, 0.1) is 0 Å². The summed E-state index contributed by atoms with van der Waals surface area (Å²) in [5, 5.41) is 11.9. The summed E-state index contributed by atoms with van der Waals surface area (Å²) < 4.78 is 0. The number of carboxylic acids is 1. The number of hydrogen-bond donors (Lipinski definition) is 1. The average Bonchev–Trinajstić information content (AvgIpc) is 2.83. The van der Waals surface area contributed by atoms with Gasteiger partial charge in [-0.1, -0.05) is 19.4 Å². The van der Waals surface area contributed by atoms with E-state index in [2.05, 4.69) is 4.98 Å². The van der Waals surface area contributed by atoms with Gasteiger partial charge in [0.25, 0.3) is 0 Å². The second kappa shape index (κ2) is 4.76. The molecule has 0 fully saturated rings. The Bertz CT molecular complexity index is 488. The van der Waals surface area contributed by atoms with E-state index in [1.807, 2.05) is 24.4 Å². The van der Waals surface area contributed by atoms with Crippen molar-refractivity contribution in [2.75, 3.05) is 0 Å². The van der Waals surface area contributed by atoms with Gasteiger partial charge >= 0.3 is 5.97 Å². The first-order chi connectivity index (χ1) is 7.72. The van der Waals surface area contributed by atoms with Crippen molar-refractivity contribution in [3.05, 3.63) is 28.1 Å². The van der Waals surface area contributed by atoms with Gasteiger partial charge in [-0.25, -0.2) is 9.78 Å². The minimum absolute atomic E-state index is 0.380. The number of aryl methyl sites for hydroxylation is 1. The number of aromatic carboxylic acids is 1. The molecular formula is C11H11NO2S2. The van der Waals surface area contributed by atoms with Gasteiger partial charge in [-0.05, 0) is 17.9 Å². The van der Waals surface area contributed by atoms with Crippen LogP contribution in [0.15, 0.2) is 17.5 Å². The molecule has 0 atom stereocenters. The van der Waals surface area contributed by atoms with E-state index in [-0.39, 0.29) is 0 Å². The second-order valence-corrected chi connectivity index (χ2v) is 5.27. The third-order valence-electron chi connectivity index (χ3n) is 2.11. The van der Waals surface area contributed by atoms with E-state index in [9.17, 15) is 4.79 Å². The van der Waals surface area contributed by atoms with Crippen LogP contribution in [0.25, 0.3) is 9.88 Å². The molecule has 0 aliphatic rings. The van der Waals surface area contributed by atoms with E-state index in [0.29, 0.717) is 10.6 Å². The van der Waals surface area contributed by atoms with Crippen molar-refractivity contribution in [1.29, 1.82) is 0 Å². The highest BCUT2D eigenvalue weighted by Gasteiger charge is 2.17. The van der Waals surface area contributed by atoms with E-state index in [4.69, 9.17) is 5.11 Å². The maximum absolute atomic E-state index is 11.1. The average molecular weight is 253 g/mol. The lowest BCUT2D eigenvalue weighted by atomic mass is 10.2. The number of thiophene rings is 1. The molecule has 0 aromatic carbocycles. The van der Waals surface area contributed by atoms with Crippen LogP contribution in [0.5, 0.6) is 0 Å². The van der Waals surface area contributed by atoms with Crippen LogP contribution in [0.3, 0.4) is 0 Å². The summed E-state index contributed by atoms with van der Waals surface area (Å²) in [5.41, 5.74) is 0.711. The molecule has 0 unspecified atom stereocenters. The molecule has 2 rings (SSSR count). The summed E-state index contributed by atoms with van der Waals surface area (Å²) in [6, 6.07) is 3.91. The van der Waals surface area contributed by atoms with Gasteiger partial charge in [0, 0.05) is 0 Å². The van der Waals surface area contributed by atoms with Gasteiger partial charge in [0.05, 0.1) is 10.6 Å². The number of aromatic nitrogens is 1. The highest BCUT2D eigenvalue weighted by atomic mass is 32.1. The van der Waals surface area contributed by atoms with E-state index >= 15 is 0 Å². The fourth-order valence-electron chi connectivity index (χ4n) is 1.43. The van der Waals surface area contributed by atoms with Crippen molar-refractivity contribution in [3.63, 3.8) is 0 Å². The molecule has 5 heteroatoms. The Balaban J connectivity index is 2.42. The monoisotopic (exact) mass is 253 g/mol. The summed E-state index contributed by atoms with van der Waals surface area (Å²) in [7, 11) is 0. The van der Waals surface area contributed by atoms with Crippen LogP contribution in [0.1, 0.15) is 28.7 Å². The van der Waals surface area contributed by atoms with Crippen molar-refractivity contribution in [1.82, 2.24) is 4.98 Å². The number of carbonyl (C=O) groups is 1.